The highest BCUT2D eigenvalue weighted by Crippen LogP contribution is 2.30. The number of nitrogens with zero attached hydrogens (tertiary/aromatic N) is 2. The number of carbonyl (C=O) groups excluding carboxylic acids is 1. The van der Waals surface area contributed by atoms with Crippen molar-refractivity contribution < 1.29 is 19.2 Å². The molecular weight excluding hydrogens is 260 g/mol. The van der Waals surface area contributed by atoms with Gasteiger partial charge in [0, 0.05) is 12.2 Å². The van der Waals surface area contributed by atoms with E-state index in [9.17, 15) is 9.59 Å². The number of amides is 1. The van der Waals surface area contributed by atoms with Crippen molar-refractivity contribution in [3.8, 4) is 0 Å². The molecule has 0 fully saturated rings. The maximum absolute atomic E-state index is 12.5. The average molecular weight is 272 g/mol. The first-order chi connectivity index (χ1) is 9.58. The van der Waals surface area contributed by atoms with Crippen molar-refractivity contribution in [3.05, 3.63) is 46.8 Å². The SMILES string of the molecule is Cc1oncc1C(=O)N1CCc2ccc(C(=O)O)cc21. The fraction of sp³-hybridized carbons (Fsp3) is 0.214. The molecular formula is C14H12N2O4. The normalized spacial score (nSPS) is 13.3. The molecule has 0 radical (unpaired) electrons. The van der Waals surface area contributed by atoms with Crippen LogP contribution in [0.25, 0.3) is 0 Å². The van der Waals surface area contributed by atoms with E-state index in [1.54, 1.807) is 24.0 Å². The molecule has 0 aliphatic carbocycles. The maximum Gasteiger partial charge on any atom is 0.335 e. The fourth-order valence-corrected chi connectivity index (χ4v) is 2.37. The zero-order chi connectivity index (χ0) is 14.3. The first kappa shape index (κ1) is 12.4. The van der Waals surface area contributed by atoms with Crippen LogP contribution in [-0.4, -0.2) is 28.7 Å². The number of hydrogen-bond donors (Lipinski definition) is 1. The van der Waals surface area contributed by atoms with E-state index < -0.39 is 5.97 Å². The molecule has 20 heavy (non-hydrogen) atoms. The van der Waals surface area contributed by atoms with Gasteiger partial charge in [-0.15, -0.1) is 0 Å². The Labute approximate surface area is 114 Å². The number of rotatable bonds is 2. The van der Waals surface area contributed by atoms with Gasteiger partial charge in [0.1, 0.15) is 11.3 Å². The number of aromatic nitrogens is 1. The van der Waals surface area contributed by atoms with E-state index in [0.29, 0.717) is 30.0 Å². The Morgan fingerprint density at radius 2 is 2.20 bits per heavy atom. The van der Waals surface area contributed by atoms with Crippen molar-refractivity contribution in [1.82, 2.24) is 5.16 Å². The monoisotopic (exact) mass is 272 g/mol. The van der Waals surface area contributed by atoms with Gasteiger partial charge in [-0.25, -0.2) is 4.79 Å². The summed E-state index contributed by atoms with van der Waals surface area (Å²) in [6, 6.07) is 4.84. The van der Waals surface area contributed by atoms with Crippen molar-refractivity contribution in [2.24, 2.45) is 0 Å². The third kappa shape index (κ3) is 1.85. The van der Waals surface area contributed by atoms with Gasteiger partial charge in [-0.05, 0) is 31.0 Å². The Balaban J connectivity index is 2.00. The summed E-state index contributed by atoms with van der Waals surface area (Å²) in [5.41, 5.74) is 2.19. The molecule has 0 unspecified atom stereocenters. The zero-order valence-electron chi connectivity index (χ0n) is 10.8. The number of carboxylic acids is 1. The number of aromatic carboxylic acids is 1. The topological polar surface area (TPSA) is 83.6 Å². The highest BCUT2D eigenvalue weighted by Gasteiger charge is 2.28. The van der Waals surface area contributed by atoms with E-state index in [0.717, 1.165) is 5.56 Å². The highest BCUT2D eigenvalue weighted by atomic mass is 16.5. The van der Waals surface area contributed by atoms with Crippen LogP contribution in [0, 0.1) is 6.92 Å². The first-order valence-corrected chi connectivity index (χ1v) is 6.17. The van der Waals surface area contributed by atoms with Crippen molar-refractivity contribution in [2.75, 3.05) is 11.4 Å². The molecule has 102 valence electrons. The summed E-state index contributed by atoms with van der Waals surface area (Å²) in [6.07, 6.45) is 2.10. The van der Waals surface area contributed by atoms with Gasteiger partial charge in [0.2, 0.25) is 0 Å². The van der Waals surface area contributed by atoms with Gasteiger partial charge in [-0.1, -0.05) is 11.2 Å². The Kier molecular flexibility index (Phi) is 2.78. The van der Waals surface area contributed by atoms with Crippen LogP contribution >= 0.6 is 0 Å². The molecule has 1 amide bonds. The summed E-state index contributed by atoms with van der Waals surface area (Å²) in [7, 11) is 0. The summed E-state index contributed by atoms with van der Waals surface area (Å²) in [5.74, 6) is -0.767. The van der Waals surface area contributed by atoms with Crippen molar-refractivity contribution in [3.63, 3.8) is 0 Å². The predicted molar refractivity (Wildman–Crippen MR) is 70.0 cm³/mol. The van der Waals surface area contributed by atoms with Crippen LogP contribution in [0.15, 0.2) is 28.9 Å². The maximum atomic E-state index is 12.5. The molecule has 0 atom stereocenters. The first-order valence-electron chi connectivity index (χ1n) is 6.17. The highest BCUT2D eigenvalue weighted by molar-refractivity contribution is 6.08. The third-order valence-electron chi connectivity index (χ3n) is 3.45. The number of anilines is 1. The smallest absolute Gasteiger partial charge is 0.335 e. The molecule has 0 saturated heterocycles. The largest absolute Gasteiger partial charge is 0.478 e. The fourth-order valence-electron chi connectivity index (χ4n) is 2.37. The molecule has 1 N–H and O–H groups in total. The Morgan fingerprint density at radius 3 is 2.85 bits per heavy atom. The number of fused-ring (bicyclic) bond motifs is 1. The van der Waals surface area contributed by atoms with Gasteiger partial charge in [0.05, 0.1) is 11.8 Å². The molecule has 1 aromatic carbocycles. The molecule has 1 aliphatic rings. The number of carboxylic acid groups (broad SMARTS) is 1. The van der Waals surface area contributed by atoms with Crippen LogP contribution in [-0.2, 0) is 6.42 Å². The second-order valence-corrected chi connectivity index (χ2v) is 4.65. The minimum atomic E-state index is -1.01. The zero-order valence-corrected chi connectivity index (χ0v) is 10.8. The van der Waals surface area contributed by atoms with Crippen LogP contribution in [0.4, 0.5) is 5.69 Å². The summed E-state index contributed by atoms with van der Waals surface area (Å²) >= 11 is 0. The van der Waals surface area contributed by atoms with Gasteiger partial charge >= 0.3 is 5.97 Å². The molecule has 1 aliphatic heterocycles. The molecule has 3 rings (SSSR count). The standard InChI is InChI=1S/C14H12N2O4/c1-8-11(7-15-20-8)13(17)16-5-4-9-2-3-10(14(18)19)6-12(9)16/h2-3,6-7H,4-5H2,1H3,(H,18,19). The van der Waals surface area contributed by atoms with E-state index in [1.807, 2.05) is 0 Å². The van der Waals surface area contributed by atoms with E-state index in [1.165, 1.54) is 12.3 Å². The van der Waals surface area contributed by atoms with Gasteiger partial charge in [-0.2, -0.15) is 0 Å². The van der Waals surface area contributed by atoms with E-state index in [-0.39, 0.29) is 11.5 Å². The molecule has 1 aromatic heterocycles. The van der Waals surface area contributed by atoms with Crippen LogP contribution in [0.5, 0.6) is 0 Å². The molecule has 0 spiro atoms. The Hall–Kier alpha value is -2.63. The Morgan fingerprint density at radius 1 is 1.40 bits per heavy atom. The summed E-state index contributed by atoms with van der Waals surface area (Å²) in [5, 5.41) is 12.6. The summed E-state index contributed by atoms with van der Waals surface area (Å²) in [4.78, 5) is 25.1. The molecule has 0 saturated carbocycles. The lowest BCUT2D eigenvalue weighted by atomic mass is 10.1. The van der Waals surface area contributed by atoms with Gasteiger partial charge < -0.3 is 14.5 Å². The van der Waals surface area contributed by atoms with Crippen molar-refractivity contribution in [2.45, 2.75) is 13.3 Å². The molecule has 2 heterocycles. The second-order valence-electron chi connectivity index (χ2n) is 4.65. The lowest BCUT2D eigenvalue weighted by Crippen LogP contribution is -2.29. The van der Waals surface area contributed by atoms with Crippen LogP contribution in [0.3, 0.4) is 0 Å². The number of aryl methyl sites for hydroxylation is 1. The van der Waals surface area contributed by atoms with Crippen LogP contribution < -0.4 is 4.90 Å². The molecule has 2 aromatic rings. The minimum absolute atomic E-state index is 0.172. The molecule has 6 heteroatoms. The predicted octanol–water partition coefficient (Wildman–Crippen LogP) is 1.88. The lowest BCUT2D eigenvalue weighted by molar-refractivity contribution is 0.0696. The van der Waals surface area contributed by atoms with E-state index >= 15 is 0 Å². The summed E-state index contributed by atoms with van der Waals surface area (Å²) < 4.78 is 4.90. The van der Waals surface area contributed by atoms with Gasteiger partial charge in [-0.3, -0.25) is 4.79 Å². The number of hydrogen-bond acceptors (Lipinski definition) is 4. The van der Waals surface area contributed by atoms with Gasteiger partial charge in [0.25, 0.3) is 5.91 Å². The van der Waals surface area contributed by atoms with Crippen LogP contribution in [0.2, 0.25) is 0 Å². The van der Waals surface area contributed by atoms with Crippen molar-refractivity contribution >= 4 is 17.6 Å². The van der Waals surface area contributed by atoms with Gasteiger partial charge in [0.15, 0.2) is 0 Å². The van der Waals surface area contributed by atoms with Crippen LogP contribution in [0.1, 0.15) is 32.0 Å². The van der Waals surface area contributed by atoms with Crippen molar-refractivity contribution in [1.29, 1.82) is 0 Å². The Bertz CT molecular complexity index is 705. The van der Waals surface area contributed by atoms with E-state index in [4.69, 9.17) is 9.63 Å². The molecule has 6 nitrogen and oxygen atoms in total. The third-order valence-corrected chi connectivity index (χ3v) is 3.45. The van der Waals surface area contributed by atoms with E-state index in [2.05, 4.69) is 5.16 Å². The average Bonchev–Trinajstić information content (AvgIpc) is 3.03. The second kappa shape index (κ2) is 4.48. The number of benzene rings is 1. The lowest BCUT2D eigenvalue weighted by Gasteiger charge is -2.16. The quantitative estimate of drug-likeness (QED) is 0.902. The molecule has 0 bridgehead atoms. The minimum Gasteiger partial charge on any atom is -0.478 e. The summed E-state index contributed by atoms with van der Waals surface area (Å²) in [6.45, 7) is 2.20. The number of carbonyl (C=O) groups is 2.